The van der Waals surface area contributed by atoms with Crippen LogP contribution in [-0.4, -0.2) is 0 Å². The van der Waals surface area contributed by atoms with Crippen molar-refractivity contribution < 1.29 is 4.74 Å². The Kier molecular flexibility index (Phi) is 4.24. The molecule has 1 aromatic carbocycles. The Balaban J connectivity index is 2.02. The van der Waals surface area contributed by atoms with E-state index in [1.165, 1.54) is 9.75 Å². The van der Waals surface area contributed by atoms with Gasteiger partial charge in [-0.3, -0.25) is 0 Å². The highest BCUT2D eigenvalue weighted by Crippen LogP contribution is 2.24. The lowest BCUT2D eigenvalue weighted by Crippen LogP contribution is -1.93. The second-order valence-electron chi connectivity index (χ2n) is 3.76. The quantitative estimate of drug-likeness (QED) is 0.829. The molecular formula is C14H12ClNOS. The van der Waals surface area contributed by atoms with Crippen molar-refractivity contribution in [2.75, 3.05) is 0 Å². The van der Waals surface area contributed by atoms with Gasteiger partial charge in [0, 0.05) is 15.8 Å². The van der Waals surface area contributed by atoms with Crippen LogP contribution in [0.15, 0.2) is 30.3 Å². The molecule has 0 amide bonds. The van der Waals surface area contributed by atoms with Gasteiger partial charge in [-0.25, -0.2) is 0 Å². The summed E-state index contributed by atoms with van der Waals surface area (Å²) in [7, 11) is 0. The summed E-state index contributed by atoms with van der Waals surface area (Å²) in [6.45, 7) is 2.67. The minimum atomic E-state index is 0.426. The van der Waals surface area contributed by atoms with E-state index in [1.54, 1.807) is 29.5 Å². The summed E-state index contributed by atoms with van der Waals surface area (Å²) in [5.41, 5.74) is 0.466. The number of hydrogen-bond donors (Lipinski definition) is 0. The summed E-state index contributed by atoms with van der Waals surface area (Å²) in [5, 5.41) is 9.20. The SMILES string of the molecule is CCc1ccc(COc2ccc(C#N)c(Cl)c2)s1. The lowest BCUT2D eigenvalue weighted by Gasteiger charge is -2.05. The summed E-state index contributed by atoms with van der Waals surface area (Å²) in [6, 6.07) is 11.3. The van der Waals surface area contributed by atoms with E-state index in [2.05, 4.69) is 19.1 Å². The molecule has 2 nitrogen and oxygen atoms in total. The third-order valence-corrected chi connectivity index (χ3v) is 4.02. The van der Waals surface area contributed by atoms with Crippen LogP contribution < -0.4 is 4.74 Å². The van der Waals surface area contributed by atoms with E-state index >= 15 is 0 Å². The molecule has 4 heteroatoms. The number of ether oxygens (including phenoxy) is 1. The maximum absolute atomic E-state index is 8.77. The number of nitriles is 1. The molecule has 1 heterocycles. The largest absolute Gasteiger partial charge is 0.488 e. The summed E-state index contributed by atoms with van der Waals surface area (Å²) in [6.07, 6.45) is 1.05. The average molecular weight is 278 g/mol. The molecule has 0 aliphatic rings. The Hall–Kier alpha value is -1.50. The number of benzene rings is 1. The smallest absolute Gasteiger partial charge is 0.122 e. The van der Waals surface area contributed by atoms with Gasteiger partial charge >= 0.3 is 0 Å². The van der Waals surface area contributed by atoms with Gasteiger partial charge in [-0.2, -0.15) is 5.26 Å². The van der Waals surface area contributed by atoms with E-state index in [4.69, 9.17) is 21.6 Å². The maximum atomic E-state index is 8.77. The van der Waals surface area contributed by atoms with Gasteiger partial charge < -0.3 is 4.74 Å². The number of aryl methyl sites for hydroxylation is 1. The second kappa shape index (κ2) is 5.90. The van der Waals surface area contributed by atoms with Gasteiger partial charge in [0.25, 0.3) is 0 Å². The standard InChI is InChI=1S/C14H12ClNOS/c1-2-12-5-6-13(18-12)9-17-11-4-3-10(8-16)14(15)7-11/h3-7H,2,9H2,1H3. The monoisotopic (exact) mass is 277 g/mol. The molecule has 0 saturated heterocycles. The molecule has 0 spiro atoms. The van der Waals surface area contributed by atoms with E-state index in [9.17, 15) is 0 Å². The molecule has 18 heavy (non-hydrogen) atoms. The molecule has 2 aromatic rings. The van der Waals surface area contributed by atoms with E-state index in [0.717, 1.165) is 6.42 Å². The molecule has 0 radical (unpaired) electrons. The maximum Gasteiger partial charge on any atom is 0.122 e. The Bertz CT molecular complexity index is 586. The number of nitrogens with zero attached hydrogens (tertiary/aromatic N) is 1. The minimum Gasteiger partial charge on any atom is -0.488 e. The van der Waals surface area contributed by atoms with E-state index in [0.29, 0.717) is 22.9 Å². The number of rotatable bonds is 4. The zero-order valence-electron chi connectivity index (χ0n) is 9.94. The molecule has 0 fully saturated rings. The summed E-state index contributed by atoms with van der Waals surface area (Å²) in [5.74, 6) is 0.686. The highest BCUT2D eigenvalue weighted by atomic mass is 35.5. The fourth-order valence-corrected chi connectivity index (χ4v) is 2.60. The van der Waals surface area contributed by atoms with Crippen molar-refractivity contribution in [2.24, 2.45) is 0 Å². The van der Waals surface area contributed by atoms with Crippen LogP contribution >= 0.6 is 22.9 Å². The second-order valence-corrected chi connectivity index (χ2v) is 5.42. The minimum absolute atomic E-state index is 0.426. The topological polar surface area (TPSA) is 33.0 Å². The van der Waals surface area contributed by atoms with Crippen molar-refractivity contribution in [3.05, 3.63) is 50.7 Å². The van der Waals surface area contributed by atoms with Gasteiger partial charge in [0.15, 0.2) is 0 Å². The van der Waals surface area contributed by atoms with Gasteiger partial charge in [-0.1, -0.05) is 18.5 Å². The van der Waals surface area contributed by atoms with Crippen molar-refractivity contribution in [2.45, 2.75) is 20.0 Å². The molecule has 92 valence electrons. The summed E-state index contributed by atoms with van der Waals surface area (Å²) < 4.78 is 5.65. The molecule has 0 unspecified atom stereocenters. The normalized spacial score (nSPS) is 10.1. The van der Waals surface area contributed by atoms with Gasteiger partial charge in [-0.05, 0) is 30.7 Å². The molecular weight excluding hydrogens is 266 g/mol. The van der Waals surface area contributed by atoms with E-state index < -0.39 is 0 Å². The molecule has 0 aliphatic carbocycles. The van der Waals surface area contributed by atoms with Crippen LogP contribution in [0.5, 0.6) is 5.75 Å². The Labute approximate surface area is 115 Å². The zero-order chi connectivity index (χ0) is 13.0. The Morgan fingerprint density at radius 2 is 2.06 bits per heavy atom. The van der Waals surface area contributed by atoms with Crippen molar-refractivity contribution in [1.29, 1.82) is 5.26 Å². The molecule has 1 aromatic heterocycles. The molecule has 0 aliphatic heterocycles. The third kappa shape index (κ3) is 3.04. The fourth-order valence-electron chi connectivity index (χ4n) is 1.52. The number of hydrogen-bond acceptors (Lipinski definition) is 3. The van der Waals surface area contributed by atoms with Gasteiger partial charge in [0.05, 0.1) is 10.6 Å². The number of halogens is 1. The first kappa shape index (κ1) is 12.9. The van der Waals surface area contributed by atoms with Crippen LogP contribution in [0.4, 0.5) is 0 Å². The van der Waals surface area contributed by atoms with Gasteiger partial charge in [0.1, 0.15) is 18.4 Å². The van der Waals surface area contributed by atoms with Crippen molar-refractivity contribution in [3.63, 3.8) is 0 Å². The molecule has 2 rings (SSSR count). The Morgan fingerprint density at radius 3 is 2.67 bits per heavy atom. The first-order valence-electron chi connectivity index (χ1n) is 5.63. The van der Waals surface area contributed by atoms with Crippen molar-refractivity contribution in [1.82, 2.24) is 0 Å². The molecule has 0 atom stereocenters. The van der Waals surface area contributed by atoms with Crippen LogP contribution in [0.1, 0.15) is 22.2 Å². The zero-order valence-corrected chi connectivity index (χ0v) is 11.5. The summed E-state index contributed by atoms with van der Waals surface area (Å²) >= 11 is 7.69. The first-order valence-corrected chi connectivity index (χ1v) is 6.82. The van der Waals surface area contributed by atoms with Crippen LogP contribution in [0.25, 0.3) is 0 Å². The van der Waals surface area contributed by atoms with E-state index in [1.807, 2.05) is 6.07 Å². The number of thiophene rings is 1. The fraction of sp³-hybridized carbons (Fsp3) is 0.214. The lowest BCUT2D eigenvalue weighted by molar-refractivity contribution is 0.310. The Morgan fingerprint density at radius 1 is 1.28 bits per heavy atom. The van der Waals surface area contributed by atoms with Gasteiger partial charge in [-0.15, -0.1) is 11.3 Å². The predicted molar refractivity (Wildman–Crippen MR) is 74.2 cm³/mol. The van der Waals surface area contributed by atoms with Gasteiger partial charge in [0.2, 0.25) is 0 Å². The van der Waals surface area contributed by atoms with Crippen LogP contribution in [0.3, 0.4) is 0 Å². The highest BCUT2D eigenvalue weighted by molar-refractivity contribution is 7.11. The molecule has 0 saturated carbocycles. The van der Waals surface area contributed by atoms with E-state index in [-0.39, 0.29) is 0 Å². The van der Waals surface area contributed by atoms with Crippen LogP contribution in [0.2, 0.25) is 5.02 Å². The van der Waals surface area contributed by atoms with Crippen LogP contribution in [0, 0.1) is 11.3 Å². The molecule has 0 bridgehead atoms. The first-order chi connectivity index (χ1) is 8.72. The highest BCUT2D eigenvalue weighted by Gasteiger charge is 2.03. The third-order valence-electron chi connectivity index (χ3n) is 2.51. The van der Waals surface area contributed by atoms with Crippen molar-refractivity contribution in [3.8, 4) is 11.8 Å². The van der Waals surface area contributed by atoms with Crippen molar-refractivity contribution >= 4 is 22.9 Å². The van der Waals surface area contributed by atoms with Crippen LogP contribution in [-0.2, 0) is 13.0 Å². The lowest BCUT2D eigenvalue weighted by atomic mass is 10.2. The predicted octanol–water partition coefficient (Wildman–Crippen LogP) is 4.41. The average Bonchev–Trinajstić information content (AvgIpc) is 2.84. The molecule has 0 N–H and O–H groups in total. The summed E-state index contributed by atoms with van der Waals surface area (Å²) in [4.78, 5) is 2.54.